The number of hydrogen-bond donors (Lipinski definition) is 1. The maximum absolute atomic E-state index is 10.8. The lowest BCUT2D eigenvalue weighted by atomic mass is 10.3. The van der Waals surface area contributed by atoms with E-state index in [-0.39, 0.29) is 31.2 Å². The molecule has 0 unspecified atom stereocenters. The Morgan fingerprint density at radius 2 is 1.73 bits per heavy atom. The number of rotatable bonds is 3. The first kappa shape index (κ1) is 12.9. The van der Waals surface area contributed by atoms with E-state index in [9.17, 15) is 9.59 Å². The monoisotopic (exact) mass is 180 g/mol. The van der Waals surface area contributed by atoms with Gasteiger partial charge < -0.3 is 10.6 Å². The van der Waals surface area contributed by atoms with Gasteiger partial charge in [0.15, 0.2) is 0 Å². The Labute approximate surface area is 72.1 Å². The number of amides is 2. The number of nitrogens with zero attached hydrogens (tertiary/aromatic N) is 1. The van der Waals surface area contributed by atoms with Gasteiger partial charge in [-0.3, -0.25) is 9.59 Å². The van der Waals surface area contributed by atoms with Crippen molar-refractivity contribution in [1.29, 1.82) is 0 Å². The summed E-state index contributed by atoms with van der Waals surface area (Å²) in [6.07, 6.45) is 0.347. The number of carbonyl (C=O) groups is 2. The number of carbonyl (C=O) groups excluding carboxylic acids is 2. The number of primary amides is 1. The van der Waals surface area contributed by atoms with Crippen molar-refractivity contribution in [2.45, 2.75) is 12.8 Å². The molecule has 0 saturated heterocycles. The minimum absolute atomic E-state index is 0. The van der Waals surface area contributed by atoms with E-state index in [0.29, 0.717) is 0 Å². The Morgan fingerprint density at radius 1 is 1.27 bits per heavy atom. The van der Waals surface area contributed by atoms with Gasteiger partial charge in [-0.2, -0.15) is 0 Å². The molecule has 5 heteroatoms. The Balaban J connectivity index is 0. The third kappa shape index (κ3) is 7.12. The standard InChI is InChI=1S/C6H12N2O2.ClH/c1-8(2)6(10)4-3-5(7)9;/h3-4H2,1-2H3,(H2,7,9);1H. The fourth-order valence-electron chi connectivity index (χ4n) is 0.454. The maximum atomic E-state index is 10.8. The van der Waals surface area contributed by atoms with Crippen molar-refractivity contribution < 1.29 is 9.59 Å². The summed E-state index contributed by atoms with van der Waals surface area (Å²) in [6, 6.07) is 0. The molecule has 0 spiro atoms. The highest BCUT2D eigenvalue weighted by Crippen LogP contribution is 1.91. The smallest absolute Gasteiger partial charge is 0.222 e. The average molecular weight is 181 g/mol. The molecule has 0 aliphatic heterocycles. The zero-order valence-electron chi connectivity index (χ0n) is 6.66. The molecule has 0 bridgehead atoms. The summed E-state index contributed by atoms with van der Waals surface area (Å²) < 4.78 is 0. The number of nitrogens with two attached hydrogens (primary N) is 1. The molecule has 0 aliphatic rings. The molecule has 2 amide bonds. The van der Waals surface area contributed by atoms with E-state index in [0.717, 1.165) is 0 Å². The van der Waals surface area contributed by atoms with Crippen LogP contribution in [0.5, 0.6) is 0 Å². The van der Waals surface area contributed by atoms with Crippen LogP contribution in [0.1, 0.15) is 12.8 Å². The van der Waals surface area contributed by atoms with Gasteiger partial charge in [-0.25, -0.2) is 0 Å². The van der Waals surface area contributed by atoms with Crippen LogP contribution in [0.3, 0.4) is 0 Å². The molecule has 0 radical (unpaired) electrons. The fraction of sp³-hybridized carbons (Fsp3) is 0.667. The van der Waals surface area contributed by atoms with Gasteiger partial charge in [0.2, 0.25) is 11.8 Å². The molecule has 0 saturated carbocycles. The Morgan fingerprint density at radius 3 is 2.00 bits per heavy atom. The summed E-state index contributed by atoms with van der Waals surface area (Å²) >= 11 is 0. The van der Waals surface area contributed by atoms with E-state index in [1.807, 2.05) is 0 Å². The molecular weight excluding hydrogens is 168 g/mol. The fourth-order valence-corrected chi connectivity index (χ4v) is 0.454. The molecule has 2 N–H and O–H groups in total. The van der Waals surface area contributed by atoms with E-state index in [2.05, 4.69) is 0 Å². The third-order valence-corrected chi connectivity index (χ3v) is 1.08. The summed E-state index contributed by atoms with van der Waals surface area (Å²) in [5.74, 6) is -0.506. The van der Waals surface area contributed by atoms with E-state index in [1.54, 1.807) is 14.1 Å². The third-order valence-electron chi connectivity index (χ3n) is 1.08. The van der Waals surface area contributed by atoms with Gasteiger partial charge in [0.05, 0.1) is 0 Å². The molecule has 0 aromatic rings. The molecule has 0 atom stereocenters. The summed E-state index contributed by atoms with van der Waals surface area (Å²) in [7, 11) is 3.28. The first-order chi connectivity index (χ1) is 4.54. The molecule has 0 aromatic carbocycles. The summed E-state index contributed by atoms with van der Waals surface area (Å²) in [5, 5.41) is 0. The molecular formula is C6H13ClN2O2. The van der Waals surface area contributed by atoms with Crippen molar-refractivity contribution in [2.75, 3.05) is 14.1 Å². The van der Waals surface area contributed by atoms with Crippen molar-refractivity contribution in [3.05, 3.63) is 0 Å². The SMILES string of the molecule is CN(C)C(=O)CCC(N)=O.Cl. The Bertz CT molecular complexity index is 148. The summed E-state index contributed by atoms with van der Waals surface area (Å²) in [5.41, 5.74) is 4.83. The van der Waals surface area contributed by atoms with Crippen LogP contribution in [0.25, 0.3) is 0 Å². The topological polar surface area (TPSA) is 63.4 Å². The van der Waals surface area contributed by atoms with Crippen molar-refractivity contribution in [1.82, 2.24) is 4.90 Å². The van der Waals surface area contributed by atoms with Gasteiger partial charge >= 0.3 is 0 Å². The van der Waals surface area contributed by atoms with Gasteiger partial charge in [-0.1, -0.05) is 0 Å². The van der Waals surface area contributed by atoms with Crippen LogP contribution in [0.15, 0.2) is 0 Å². The maximum Gasteiger partial charge on any atom is 0.222 e. The highest BCUT2D eigenvalue weighted by Gasteiger charge is 2.04. The van der Waals surface area contributed by atoms with Crippen molar-refractivity contribution in [2.24, 2.45) is 5.73 Å². The van der Waals surface area contributed by atoms with Crippen molar-refractivity contribution in [3.8, 4) is 0 Å². The lowest BCUT2D eigenvalue weighted by Crippen LogP contribution is -2.23. The number of hydrogen-bond acceptors (Lipinski definition) is 2. The Hall–Kier alpha value is -0.770. The highest BCUT2D eigenvalue weighted by atomic mass is 35.5. The predicted octanol–water partition coefficient (Wildman–Crippen LogP) is -0.238. The molecule has 0 heterocycles. The van der Waals surface area contributed by atoms with E-state index in [1.165, 1.54) is 4.90 Å². The van der Waals surface area contributed by atoms with Crippen LogP contribution in [0.4, 0.5) is 0 Å². The first-order valence-electron chi connectivity index (χ1n) is 3.02. The van der Waals surface area contributed by atoms with Crippen LogP contribution in [0, 0.1) is 0 Å². The largest absolute Gasteiger partial charge is 0.370 e. The minimum Gasteiger partial charge on any atom is -0.370 e. The second-order valence-electron chi connectivity index (χ2n) is 2.25. The van der Waals surface area contributed by atoms with Crippen LogP contribution < -0.4 is 5.73 Å². The van der Waals surface area contributed by atoms with Gasteiger partial charge in [0, 0.05) is 26.9 Å². The molecule has 0 fully saturated rings. The highest BCUT2D eigenvalue weighted by molar-refractivity contribution is 5.85. The van der Waals surface area contributed by atoms with Crippen LogP contribution in [-0.4, -0.2) is 30.8 Å². The lowest BCUT2D eigenvalue weighted by molar-refractivity contribution is -0.130. The van der Waals surface area contributed by atoms with Gasteiger partial charge in [-0.15, -0.1) is 12.4 Å². The zero-order valence-corrected chi connectivity index (χ0v) is 7.48. The minimum atomic E-state index is -0.435. The molecule has 66 valence electrons. The lowest BCUT2D eigenvalue weighted by Gasteiger charge is -2.07. The number of halogens is 1. The normalized spacial score (nSPS) is 8.18. The van der Waals surface area contributed by atoms with Crippen LogP contribution in [0.2, 0.25) is 0 Å². The first-order valence-corrected chi connectivity index (χ1v) is 3.02. The van der Waals surface area contributed by atoms with Crippen LogP contribution >= 0.6 is 12.4 Å². The molecule has 11 heavy (non-hydrogen) atoms. The van der Waals surface area contributed by atoms with Crippen molar-refractivity contribution in [3.63, 3.8) is 0 Å². The van der Waals surface area contributed by atoms with E-state index < -0.39 is 5.91 Å². The molecule has 0 aliphatic carbocycles. The zero-order chi connectivity index (χ0) is 8.15. The molecule has 0 aromatic heterocycles. The summed E-state index contributed by atoms with van der Waals surface area (Å²) in [4.78, 5) is 22.4. The second-order valence-corrected chi connectivity index (χ2v) is 2.25. The van der Waals surface area contributed by atoms with Crippen LogP contribution in [-0.2, 0) is 9.59 Å². The molecule has 4 nitrogen and oxygen atoms in total. The van der Waals surface area contributed by atoms with Crippen molar-refractivity contribution >= 4 is 24.2 Å². The van der Waals surface area contributed by atoms with Gasteiger partial charge in [0.25, 0.3) is 0 Å². The van der Waals surface area contributed by atoms with E-state index >= 15 is 0 Å². The van der Waals surface area contributed by atoms with Gasteiger partial charge in [-0.05, 0) is 0 Å². The summed E-state index contributed by atoms with van der Waals surface area (Å²) in [6.45, 7) is 0. The van der Waals surface area contributed by atoms with E-state index in [4.69, 9.17) is 5.73 Å². The Kier molecular flexibility index (Phi) is 6.99. The van der Waals surface area contributed by atoms with Gasteiger partial charge in [0.1, 0.15) is 0 Å². The predicted molar refractivity (Wildman–Crippen MR) is 44.4 cm³/mol. The second kappa shape index (κ2) is 5.97. The average Bonchev–Trinajstić information content (AvgIpc) is 1.82. The quantitative estimate of drug-likeness (QED) is 0.652. The molecule has 0 rings (SSSR count).